The van der Waals surface area contributed by atoms with Gasteiger partial charge in [0, 0.05) is 6.42 Å². The molecule has 0 amide bonds. The van der Waals surface area contributed by atoms with Gasteiger partial charge in [-0.15, -0.1) is 0 Å². The fourth-order valence-corrected chi connectivity index (χ4v) is 2.59. The molecule has 2 nitrogen and oxygen atoms in total. The van der Waals surface area contributed by atoms with Gasteiger partial charge in [-0.3, -0.25) is 4.79 Å². The Morgan fingerprint density at radius 2 is 2.12 bits per heavy atom. The normalized spacial score (nSPS) is 15.6. The monoisotopic (exact) mass is 232 g/mol. The third-order valence-electron chi connectivity index (χ3n) is 3.61. The Morgan fingerprint density at radius 3 is 2.88 bits per heavy atom. The van der Waals surface area contributed by atoms with Crippen LogP contribution in [0.15, 0.2) is 18.2 Å². The highest BCUT2D eigenvalue weighted by molar-refractivity contribution is 5.66. The molecule has 1 unspecified atom stereocenters. The van der Waals surface area contributed by atoms with Crippen LogP contribution in [0.1, 0.15) is 42.9 Å². The van der Waals surface area contributed by atoms with E-state index >= 15 is 0 Å². The van der Waals surface area contributed by atoms with Gasteiger partial charge in [0.1, 0.15) is 0 Å². The zero-order valence-corrected chi connectivity index (χ0v) is 10.4. The third kappa shape index (κ3) is 3.32. The minimum absolute atomic E-state index is 0.265. The van der Waals surface area contributed by atoms with Gasteiger partial charge in [0.2, 0.25) is 0 Å². The van der Waals surface area contributed by atoms with Crippen LogP contribution in [0.3, 0.4) is 0 Å². The molecule has 2 heteroatoms. The van der Waals surface area contributed by atoms with Crippen molar-refractivity contribution < 1.29 is 9.90 Å². The number of fused-ring (bicyclic) bond motifs is 1. The largest absolute Gasteiger partial charge is 0.481 e. The number of aliphatic carboxylic acids is 1. The summed E-state index contributed by atoms with van der Waals surface area (Å²) in [6.45, 7) is 2.02. The van der Waals surface area contributed by atoms with Crippen molar-refractivity contribution in [3.8, 4) is 0 Å². The van der Waals surface area contributed by atoms with E-state index < -0.39 is 5.97 Å². The first kappa shape index (κ1) is 12.2. The molecule has 1 aliphatic rings. The Kier molecular flexibility index (Phi) is 3.82. The summed E-state index contributed by atoms with van der Waals surface area (Å²) in [6, 6.07) is 6.77. The maximum atomic E-state index is 10.6. The molecule has 1 aliphatic carbocycles. The maximum Gasteiger partial charge on any atom is 0.303 e. The lowest BCUT2D eigenvalue weighted by Gasteiger charge is -2.09. The summed E-state index contributed by atoms with van der Waals surface area (Å²) < 4.78 is 0. The molecule has 0 heterocycles. The minimum atomic E-state index is -0.688. The summed E-state index contributed by atoms with van der Waals surface area (Å²) in [5.41, 5.74) is 4.38. The van der Waals surface area contributed by atoms with Gasteiger partial charge in [0.25, 0.3) is 0 Å². The fraction of sp³-hybridized carbons (Fsp3) is 0.533. The molecule has 92 valence electrons. The first-order chi connectivity index (χ1) is 8.15. The van der Waals surface area contributed by atoms with E-state index in [0.29, 0.717) is 0 Å². The summed E-state index contributed by atoms with van der Waals surface area (Å²) in [5.74, 6) is -0.424. The van der Waals surface area contributed by atoms with Gasteiger partial charge in [-0.1, -0.05) is 25.1 Å². The summed E-state index contributed by atoms with van der Waals surface area (Å²) in [5, 5.41) is 8.71. The topological polar surface area (TPSA) is 37.3 Å². The van der Waals surface area contributed by atoms with E-state index in [0.717, 1.165) is 12.8 Å². The van der Waals surface area contributed by atoms with E-state index in [4.69, 9.17) is 5.11 Å². The van der Waals surface area contributed by atoms with Crippen molar-refractivity contribution in [1.82, 2.24) is 0 Å². The maximum absolute atomic E-state index is 10.6. The second-order valence-electron chi connectivity index (χ2n) is 5.20. The molecular formula is C15H20O2. The van der Waals surface area contributed by atoms with Gasteiger partial charge in [-0.2, -0.15) is 0 Å². The predicted molar refractivity (Wildman–Crippen MR) is 68.2 cm³/mol. The number of carboxylic acids is 1. The SMILES string of the molecule is CC(CCc1ccc2c(c1)CCC2)CC(=O)O. The quantitative estimate of drug-likeness (QED) is 0.846. The predicted octanol–water partition coefficient (Wildman–Crippen LogP) is 3.22. The summed E-state index contributed by atoms with van der Waals surface area (Å²) in [6.07, 6.45) is 5.98. The summed E-state index contributed by atoms with van der Waals surface area (Å²) in [7, 11) is 0. The van der Waals surface area contributed by atoms with E-state index in [9.17, 15) is 4.79 Å². The van der Waals surface area contributed by atoms with Crippen LogP contribution >= 0.6 is 0 Å². The van der Waals surface area contributed by atoms with Gasteiger partial charge in [0.05, 0.1) is 0 Å². The summed E-state index contributed by atoms with van der Waals surface area (Å²) in [4.78, 5) is 10.6. The van der Waals surface area contributed by atoms with Gasteiger partial charge < -0.3 is 5.11 Å². The number of benzene rings is 1. The fourth-order valence-electron chi connectivity index (χ4n) is 2.59. The van der Waals surface area contributed by atoms with E-state index in [2.05, 4.69) is 18.2 Å². The van der Waals surface area contributed by atoms with Gasteiger partial charge in [-0.25, -0.2) is 0 Å². The zero-order valence-electron chi connectivity index (χ0n) is 10.4. The molecule has 0 bridgehead atoms. The van der Waals surface area contributed by atoms with Crippen molar-refractivity contribution in [2.75, 3.05) is 0 Å². The lowest BCUT2D eigenvalue weighted by Crippen LogP contribution is -2.05. The number of hydrogen-bond acceptors (Lipinski definition) is 1. The smallest absolute Gasteiger partial charge is 0.303 e. The van der Waals surface area contributed by atoms with Crippen molar-refractivity contribution >= 4 is 5.97 Å². The molecular weight excluding hydrogens is 212 g/mol. The first-order valence-electron chi connectivity index (χ1n) is 6.47. The first-order valence-corrected chi connectivity index (χ1v) is 6.47. The van der Waals surface area contributed by atoms with Crippen LogP contribution in [0.4, 0.5) is 0 Å². The second-order valence-corrected chi connectivity index (χ2v) is 5.20. The molecule has 1 aromatic rings. The zero-order chi connectivity index (χ0) is 12.3. The van der Waals surface area contributed by atoms with Crippen molar-refractivity contribution in [2.45, 2.75) is 45.4 Å². The Hall–Kier alpha value is -1.31. The molecule has 0 spiro atoms. The second kappa shape index (κ2) is 5.35. The molecule has 0 aromatic heterocycles. The summed E-state index contributed by atoms with van der Waals surface area (Å²) >= 11 is 0. The number of carboxylic acid groups (broad SMARTS) is 1. The molecule has 0 aliphatic heterocycles. The van der Waals surface area contributed by atoms with Crippen LogP contribution in [-0.2, 0) is 24.1 Å². The molecule has 0 fully saturated rings. The van der Waals surface area contributed by atoms with Crippen LogP contribution in [0, 0.1) is 5.92 Å². The van der Waals surface area contributed by atoms with Crippen molar-refractivity contribution in [3.63, 3.8) is 0 Å². The number of carbonyl (C=O) groups is 1. The lowest BCUT2D eigenvalue weighted by atomic mass is 9.96. The molecule has 1 aromatic carbocycles. The molecule has 1 N–H and O–H groups in total. The Bertz CT molecular complexity index is 409. The molecule has 2 rings (SSSR count). The molecule has 0 saturated carbocycles. The highest BCUT2D eigenvalue weighted by Gasteiger charge is 2.12. The highest BCUT2D eigenvalue weighted by atomic mass is 16.4. The van der Waals surface area contributed by atoms with Gasteiger partial charge in [-0.05, 0) is 54.7 Å². The third-order valence-corrected chi connectivity index (χ3v) is 3.61. The van der Waals surface area contributed by atoms with E-state index in [1.54, 1.807) is 0 Å². The van der Waals surface area contributed by atoms with Gasteiger partial charge in [0.15, 0.2) is 0 Å². The Balaban J connectivity index is 1.89. The van der Waals surface area contributed by atoms with E-state index in [1.807, 2.05) is 6.92 Å². The van der Waals surface area contributed by atoms with Crippen LogP contribution in [0.5, 0.6) is 0 Å². The van der Waals surface area contributed by atoms with Crippen molar-refractivity contribution in [1.29, 1.82) is 0 Å². The standard InChI is InChI=1S/C15H20O2/c1-11(9-15(16)17)5-6-12-7-8-13-3-2-4-14(13)10-12/h7-8,10-11H,2-6,9H2,1H3,(H,16,17). The highest BCUT2D eigenvalue weighted by Crippen LogP contribution is 2.24. The molecule has 0 radical (unpaired) electrons. The van der Waals surface area contributed by atoms with Crippen molar-refractivity contribution in [3.05, 3.63) is 34.9 Å². The Labute approximate surface area is 103 Å². The number of hydrogen-bond donors (Lipinski definition) is 1. The van der Waals surface area contributed by atoms with E-state index in [1.165, 1.54) is 36.0 Å². The molecule has 1 atom stereocenters. The minimum Gasteiger partial charge on any atom is -0.481 e. The molecule has 0 saturated heterocycles. The average molecular weight is 232 g/mol. The number of aryl methyl sites for hydroxylation is 3. The van der Waals surface area contributed by atoms with Crippen LogP contribution in [0.25, 0.3) is 0 Å². The van der Waals surface area contributed by atoms with Gasteiger partial charge >= 0.3 is 5.97 Å². The van der Waals surface area contributed by atoms with Crippen LogP contribution in [0.2, 0.25) is 0 Å². The Morgan fingerprint density at radius 1 is 1.35 bits per heavy atom. The number of rotatable bonds is 5. The average Bonchev–Trinajstić information content (AvgIpc) is 2.72. The van der Waals surface area contributed by atoms with Crippen molar-refractivity contribution in [2.24, 2.45) is 5.92 Å². The lowest BCUT2D eigenvalue weighted by molar-refractivity contribution is -0.138. The van der Waals surface area contributed by atoms with E-state index in [-0.39, 0.29) is 12.3 Å². The molecule has 17 heavy (non-hydrogen) atoms. The van der Waals surface area contributed by atoms with Crippen LogP contribution in [-0.4, -0.2) is 11.1 Å². The van der Waals surface area contributed by atoms with Crippen LogP contribution < -0.4 is 0 Å².